The molecule has 32 heavy (non-hydrogen) atoms. The molecule has 1 amide bonds. The van der Waals surface area contributed by atoms with Crippen molar-refractivity contribution < 1.29 is 28.6 Å². The molecule has 0 bridgehead atoms. The number of hydrogen-bond donors (Lipinski definition) is 2. The van der Waals surface area contributed by atoms with Crippen molar-refractivity contribution in [3.05, 3.63) is 64.4 Å². The number of nitrogens with zero attached hydrogens (tertiary/aromatic N) is 1. The van der Waals surface area contributed by atoms with Gasteiger partial charge in [-0.05, 0) is 37.1 Å². The summed E-state index contributed by atoms with van der Waals surface area (Å²) < 4.78 is 16.5. The highest BCUT2D eigenvalue weighted by Crippen LogP contribution is 2.54. The van der Waals surface area contributed by atoms with Gasteiger partial charge in [-0.2, -0.15) is 0 Å². The minimum absolute atomic E-state index is 0.114. The van der Waals surface area contributed by atoms with Crippen LogP contribution in [0.25, 0.3) is 0 Å². The van der Waals surface area contributed by atoms with Gasteiger partial charge in [-0.1, -0.05) is 24.3 Å². The summed E-state index contributed by atoms with van der Waals surface area (Å²) in [5.41, 5.74) is 1.58. The van der Waals surface area contributed by atoms with Gasteiger partial charge in [-0.15, -0.1) is 0 Å². The predicted molar refractivity (Wildman–Crippen MR) is 115 cm³/mol. The van der Waals surface area contributed by atoms with Gasteiger partial charge >= 0.3 is 11.9 Å². The fraction of sp³-hybridized carbons (Fsp3) is 0.261. The van der Waals surface area contributed by atoms with Gasteiger partial charge in [0.05, 0.1) is 31.3 Å². The molecular formula is C23H21N3O6. The standard InChI is InChI=1S/C23H21N3O6/c1-11-9-10-12(2)17-15(11)23(21(29)25-17)16(19(27)30-3)18(20(28)31-4)26-14-8-6-5-7-13(14)24-22(26)32-23/h5-10,22,24H,1-4H3,(H,25,29)/t22-,23?/m0/s1. The number of carbonyl (C=O) groups is 3. The molecule has 2 N–H and O–H groups in total. The van der Waals surface area contributed by atoms with E-state index in [-0.39, 0.29) is 11.3 Å². The van der Waals surface area contributed by atoms with Crippen LogP contribution in [0.2, 0.25) is 0 Å². The molecule has 0 radical (unpaired) electrons. The van der Waals surface area contributed by atoms with Crippen molar-refractivity contribution in [3.63, 3.8) is 0 Å². The number of methoxy groups -OCH3 is 2. The Kier molecular flexibility index (Phi) is 4.28. The molecule has 0 fully saturated rings. The van der Waals surface area contributed by atoms with E-state index < -0.39 is 29.8 Å². The fourth-order valence-corrected chi connectivity index (χ4v) is 4.69. The van der Waals surface area contributed by atoms with E-state index in [1.165, 1.54) is 19.1 Å². The summed E-state index contributed by atoms with van der Waals surface area (Å²) in [5, 5.41) is 6.04. The van der Waals surface area contributed by atoms with Gasteiger partial charge in [-0.25, -0.2) is 9.59 Å². The van der Waals surface area contributed by atoms with E-state index in [0.29, 0.717) is 22.6 Å². The predicted octanol–water partition coefficient (Wildman–Crippen LogP) is 2.30. The third-order valence-corrected chi connectivity index (χ3v) is 6.10. The Morgan fingerprint density at radius 3 is 2.44 bits per heavy atom. The monoisotopic (exact) mass is 435 g/mol. The van der Waals surface area contributed by atoms with Crippen molar-refractivity contribution >= 4 is 34.9 Å². The first-order chi connectivity index (χ1) is 15.3. The molecule has 0 aliphatic carbocycles. The molecule has 3 aliphatic rings. The summed E-state index contributed by atoms with van der Waals surface area (Å²) >= 11 is 0. The zero-order valence-corrected chi connectivity index (χ0v) is 17.9. The zero-order chi connectivity index (χ0) is 22.8. The molecule has 1 unspecified atom stereocenters. The Labute approximate surface area is 183 Å². The number of benzene rings is 2. The van der Waals surface area contributed by atoms with Crippen LogP contribution in [-0.2, 0) is 34.2 Å². The van der Waals surface area contributed by atoms with E-state index in [1.54, 1.807) is 12.1 Å². The Bertz CT molecular complexity index is 1240. The van der Waals surface area contributed by atoms with Crippen LogP contribution in [0, 0.1) is 13.8 Å². The molecule has 3 aliphatic heterocycles. The first kappa shape index (κ1) is 20.1. The number of amides is 1. The van der Waals surface area contributed by atoms with Gasteiger partial charge in [0.25, 0.3) is 5.91 Å². The van der Waals surface area contributed by atoms with Crippen molar-refractivity contribution in [2.75, 3.05) is 29.8 Å². The molecule has 0 aromatic heterocycles. The normalized spacial score (nSPS) is 22.7. The molecular weight excluding hydrogens is 414 g/mol. The number of nitrogens with one attached hydrogen (secondary N) is 2. The van der Waals surface area contributed by atoms with Gasteiger partial charge in [-0.3, -0.25) is 9.69 Å². The molecule has 2 aromatic carbocycles. The number of ether oxygens (including phenoxy) is 3. The minimum Gasteiger partial charge on any atom is -0.465 e. The highest BCUT2D eigenvalue weighted by atomic mass is 16.6. The lowest BCUT2D eigenvalue weighted by Gasteiger charge is -2.42. The van der Waals surface area contributed by atoms with Crippen molar-refractivity contribution in [1.82, 2.24) is 0 Å². The van der Waals surface area contributed by atoms with E-state index >= 15 is 0 Å². The van der Waals surface area contributed by atoms with E-state index in [4.69, 9.17) is 14.2 Å². The third-order valence-electron chi connectivity index (χ3n) is 6.10. The molecule has 164 valence electrons. The quantitative estimate of drug-likeness (QED) is 0.693. The van der Waals surface area contributed by atoms with Crippen LogP contribution in [0.15, 0.2) is 47.7 Å². The summed E-state index contributed by atoms with van der Waals surface area (Å²) in [5.74, 6) is -2.23. The Hall–Kier alpha value is -3.85. The minimum atomic E-state index is -1.90. The number of carbonyl (C=O) groups excluding carboxylic acids is 3. The summed E-state index contributed by atoms with van der Waals surface area (Å²) in [6.45, 7) is 3.67. The van der Waals surface area contributed by atoms with Crippen LogP contribution in [0.1, 0.15) is 16.7 Å². The van der Waals surface area contributed by atoms with Gasteiger partial charge < -0.3 is 24.8 Å². The smallest absolute Gasteiger partial charge is 0.355 e. The topological polar surface area (TPSA) is 106 Å². The van der Waals surface area contributed by atoms with Gasteiger partial charge in [0.1, 0.15) is 11.3 Å². The van der Waals surface area contributed by atoms with Gasteiger partial charge in [0, 0.05) is 5.56 Å². The van der Waals surface area contributed by atoms with Gasteiger partial charge in [0.2, 0.25) is 12.0 Å². The maximum absolute atomic E-state index is 13.6. The van der Waals surface area contributed by atoms with Crippen LogP contribution in [-0.4, -0.2) is 38.4 Å². The summed E-state index contributed by atoms with van der Waals surface area (Å²) in [7, 11) is 2.41. The number of aryl methyl sites for hydroxylation is 2. The maximum atomic E-state index is 13.6. The van der Waals surface area contributed by atoms with E-state index in [2.05, 4.69) is 10.6 Å². The maximum Gasteiger partial charge on any atom is 0.355 e. The number of para-hydroxylation sites is 2. The molecule has 1 spiro atoms. The number of fused-ring (bicyclic) bond motifs is 5. The first-order valence-corrected chi connectivity index (χ1v) is 10.0. The van der Waals surface area contributed by atoms with E-state index in [0.717, 1.165) is 11.1 Å². The number of esters is 2. The Morgan fingerprint density at radius 1 is 1.03 bits per heavy atom. The Morgan fingerprint density at radius 2 is 1.72 bits per heavy atom. The first-order valence-electron chi connectivity index (χ1n) is 10.0. The number of hydrogen-bond acceptors (Lipinski definition) is 8. The lowest BCUT2D eigenvalue weighted by molar-refractivity contribution is -0.155. The molecule has 2 aromatic rings. The molecule has 0 saturated carbocycles. The lowest BCUT2D eigenvalue weighted by atomic mass is 9.81. The number of rotatable bonds is 2. The second-order valence-corrected chi connectivity index (χ2v) is 7.79. The van der Waals surface area contributed by atoms with Crippen LogP contribution in [0.5, 0.6) is 0 Å². The molecule has 3 heterocycles. The highest BCUT2D eigenvalue weighted by Gasteiger charge is 2.63. The molecule has 9 nitrogen and oxygen atoms in total. The second kappa shape index (κ2) is 6.83. The molecule has 0 saturated heterocycles. The van der Waals surface area contributed by atoms with Crippen molar-refractivity contribution in [2.24, 2.45) is 0 Å². The lowest BCUT2D eigenvalue weighted by Crippen LogP contribution is -2.57. The summed E-state index contributed by atoms with van der Waals surface area (Å²) in [4.78, 5) is 41.4. The molecule has 5 rings (SSSR count). The van der Waals surface area contributed by atoms with Gasteiger partial charge in [0.15, 0.2) is 0 Å². The van der Waals surface area contributed by atoms with Crippen molar-refractivity contribution in [1.29, 1.82) is 0 Å². The second-order valence-electron chi connectivity index (χ2n) is 7.79. The van der Waals surface area contributed by atoms with E-state index in [9.17, 15) is 14.4 Å². The van der Waals surface area contributed by atoms with E-state index in [1.807, 2.05) is 38.1 Å². The fourth-order valence-electron chi connectivity index (χ4n) is 4.69. The summed E-state index contributed by atoms with van der Waals surface area (Å²) in [6.07, 6.45) is -0.938. The molecule has 9 heteroatoms. The Balaban J connectivity index is 1.89. The van der Waals surface area contributed by atoms with Crippen LogP contribution in [0.3, 0.4) is 0 Å². The largest absolute Gasteiger partial charge is 0.465 e. The number of anilines is 3. The summed E-state index contributed by atoms with van der Waals surface area (Å²) in [6, 6.07) is 10.9. The SMILES string of the molecule is COC(=O)C1=C(C(=O)OC)C2(O[C@H]3Nc4ccccc4N13)C(=O)Nc1c(C)ccc(C)c12. The zero-order valence-electron chi connectivity index (χ0n) is 17.9. The van der Waals surface area contributed by atoms with Crippen LogP contribution < -0.4 is 15.5 Å². The van der Waals surface area contributed by atoms with Crippen LogP contribution >= 0.6 is 0 Å². The van der Waals surface area contributed by atoms with Crippen LogP contribution in [0.4, 0.5) is 17.1 Å². The van der Waals surface area contributed by atoms with Crippen molar-refractivity contribution in [2.45, 2.75) is 25.8 Å². The molecule has 2 atom stereocenters. The highest BCUT2D eigenvalue weighted by molar-refractivity contribution is 6.17. The third kappa shape index (κ3) is 2.39. The average molecular weight is 435 g/mol. The van der Waals surface area contributed by atoms with Crippen molar-refractivity contribution in [3.8, 4) is 0 Å². The average Bonchev–Trinajstić information content (AvgIpc) is 3.30.